The normalized spacial score (nSPS) is 23.5. The number of oxime groups is 1. The number of alkyl halides is 5. The van der Waals surface area contributed by atoms with Crippen molar-refractivity contribution < 1.29 is 36.0 Å². The summed E-state index contributed by atoms with van der Waals surface area (Å²) in [6.07, 6.45) is -3.55. The lowest BCUT2D eigenvalue weighted by Gasteiger charge is -2.30. The van der Waals surface area contributed by atoms with E-state index in [0.29, 0.717) is 55.9 Å². The van der Waals surface area contributed by atoms with Gasteiger partial charge in [-0.15, -0.1) is 0 Å². The van der Waals surface area contributed by atoms with Gasteiger partial charge in [-0.2, -0.15) is 18.4 Å². The van der Waals surface area contributed by atoms with E-state index in [4.69, 9.17) is 21.7 Å². The summed E-state index contributed by atoms with van der Waals surface area (Å²) in [7, 11) is 0. The number of nitrogens with zero attached hydrogens (tertiary/aromatic N) is 2. The zero-order valence-corrected chi connectivity index (χ0v) is 21.7. The van der Waals surface area contributed by atoms with Crippen LogP contribution in [0.15, 0.2) is 35.5 Å². The van der Waals surface area contributed by atoms with Gasteiger partial charge < -0.3 is 10.2 Å². The summed E-state index contributed by atoms with van der Waals surface area (Å²) in [5.74, 6) is -5.51. The molecule has 2 aromatic carbocycles. The first-order valence-electron chi connectivity index (χ1n) is 12.2. The van der Waals surface area contributed by atoms with Crippen molar-refractivity contribution >= 4 is 23.2 Å². The predicted octanol–water partition coefficient (Wildman–Crippen LogP) is 7.29. The van der Waals surface area contributed by atoms with E-state index in [1.807, 2.05) is 0 Å². The van der Waals surface area contributed by atoms with Crippen LogP contribution in [0.25, 0.3) is 0 Å². The standard InChI is InChI=1S/C27H24ClF6N3O2/c1-14-9-16(5-8-19(14)24(38)36-18-6-3-15(13-35)4-7-18)22-12-26(39-37-22,27(32,33)34)20-10-17(25(2,30)31)11-21(28)23(20)29/h5,8-11,15,18H,3-4,6-7,12H2,1-2H3,(H,36,38)/t15?,18?,26-/m1/s1. The van der Waals surface area contributed by atoms with Gasteiger partial charge in [-0.3, -0.25) is 4.79 Å². The quantitative estimate of drug-likeness (QED) is 0.383. The summed E-state index contributed by atoms with van der Waals surface area (Å²) in [6.45, 7) is 2.06. The molecule has 0 spiro atoms. The summed E-state index contributed by atoms with van der Waals surface area (Å²) in [5, 5.41) is 14.6. The van der Waals surface area contributed by atoms with Crippen molar-refractivity contribution in [3.63, 3.8) is 0 Å². The van der Waals surface area contributed by atoms with Crippen LogP contribution < -0.4 is 5.32 Å². The van der Waals surface area contributed by atoms with E-state index in [0.717, 1.165) is 0 Å². The summed E-state index contributed by atoms with van der Waals surface area (Å²) in [5.41, 5.74) is -4.75. The first-order chi connectivity index (χ1) is 18.2. The number of amides is 1. The van der Waals surface area contributed by atoms with Crippen LogP contribution in [0.2, 0.25) is 5.02 Å². The van der Waals surface area contributed by atoms with Crippen molar-refractivity contribution in [2.75, 3.05) is 0 Å². The number of benzene rings is 2. The van der Waals surface area contributed by atoms with Crippen LogP contribution in [0.5, 0.6) is 0 Å². The Hall–Kier alpha value is -3.26. The molecule has 0 saturated heterocycles. The van der Waals surface area contributed by atoms with E-state index >= 15 is 0 Å². The largest absolute Gasteiger partial charge is 0.435 e. The van der Waals surface area contributed by atoms with Gasteiger partial charge in [-0.1, -0.05) is 22.8 Å². The minimum Gasteiger partial charge on any atom is -0.374 e. The maximum absolute atomic E-state index is 14.9. The Morgan fingerprint density at radius 3 is 2.38 bits per heavy atom. The van der Waals surface area contributed by atoms with Crippen LogP contribution in [0.3, 0.4) is 0 Å². The summed E-state index contributed by atoms with van der Waals surface area (Å²) in [4.78, 5) is 17.6. The molecule has 1 amide bonds. The molecule has 1 fully saturated rings. The summed E-state index contributed by atoms with van der Waals surface area (Å²) in [6, 6.07) is 7.39. The van der Waals surface area contributed by atoms with Crippen LogP contribution in [0.1, 0.15) is 71.6 Å². The van der Waals surface area contributed by atoms with Gasteiger partial charge in [0, 0.05) is 35.6 Å². The second-order valence-electron chi connectivity index (χ2n) is 10.0. The lowest BCUT2D eigenvalue weighted by Crippen LogP contribution is -2.43. The zero-order chi connectivity index (χ0) is 28.8. The first kappa shape index (κ1) is 28.7. The van der Waals surface area contributed by atoms with Crippen LogP contribution in [-0.2, 0) is 16.4 Å². The third-order valence-electron chi connectivity index (χ3n) is 7.21. The molecule has 1 atom stereocenters. The average Bonchev–Trinajstić information content (AvgIpc) is 3.32. The van der Waals surface area contributed by atoms with E-state index in [2.05, 4.69) is 16.5 Å². The van der Waals surface area contributed by atoms with Crippen molar-refractivity contribution in [2.45, 2.75) is 69.7 Å². The van der Waals surface area contributed by atoms with Gasteiger partial charge in [0.15, 0.2) is 0 Å². The van der Waals surface area contributed by atoms with Gasteiger partial charge in [-0.05, 0) is 68.0 Å². The van der Waals surface area contributed by atoms with E-state index in [1.165, 1.54) is 18.2 Å². The lowest BCUT2D eigenvalue weighted by atomic mass is 9.84. The Balaban J connectivity index is 1.59. The number of carbonyl (C=O) groups excluding carboxylic acids is 1. The Morgan fingerprint density at radius 2 is 1.82 bits per heavy atom. The van der Waals surface area contributed by atoms with Crippen LogP contribution in [0, 0.1) is 30.0 Å². The van der Waals surface area contributed by atoms with Gasteiger partial charge >= 0.3 is 6.18 Å². The van der Waals surface area contributed by atoms with E-state index in [-0.39, 0.29) is 29.1 Å². The fourth-order valence-corrected chi connectivity index (χ4v) is 5.12. The van der Waals surface area contributed by atoms with Crippen molar-refractivity contribution in [1.82, 2.24) is 5.32 Å². The highest BCUT2D eigenvalue weighted by molar-refractivity contribution is 6.30. The minimum atomic E-state index is -5.25. The summed E-state index contributed by atoms with van der Waals surface area (Å²) < 4.78 is 85.9. The molecule has 2 aromatic rings. The number of nitriles is 1. The molecule has 2 aliphatic rings. The molecule has 1 aliphatic heterocycles. The highest BCUT2D eigenvalue weighted by Crippen LogP contribution is 2.51. The number of aryl methyl sites for hydroxylation is 1. The molecule has 39 heavy (non-hydrogen) atoms. The second-order valence-corrected chi connectivity index (χ2v) is 10.4. The van der Waals surface area contributed by atoms with Crippen molar-refractivity contribution in [2.24, 2.45) is 11.1 Å². The maximum atomic E-state index is 14.9. The number of hydrogen-bond donors (Lipinski definition) is 1. The van der Waals surface area contributed by atoms with Crippen LogP contribution >= 0.6 is 11.6 Å². The second kappa shape index (κ2) is 10.4. The molecule has 1 heterocycles. The van der Waals surface area contributed by atoms with Crippen molar-refractivity contribution in [1.29, 1.82) is 5.26 Å². The third-order valence-corrected chi connectivity index (χ3v) is 7.48. The van der Waals surface area contributed by atoms with Crippen molar-refractivity contribution in [3.8, 4) is 6.07 Å². The topological polar surface area (TPSA) is 74.5 Å². The molecule has 0 unspecified atom stereocenters. The first-order valence-corrected chi connectivity index (χ1v) is 12.5. The van der Waals surface area contributed by atoms with E-state index in [9.17, 15) is 31.1 Å². The number of nitrogens with one attached hydrogen (secondary N) is 1. The molecule has 12 heteroatoms. The highest BCUT2D eigenvalue weighted by Gasteiger charge is 2.64. The Bertz CT molecular complexity index is 1360. The highest BCUT2D eigenvalue weighted by atomic mass is 35.5. The molecule has 5 nitrogen and oxygen atoms in total. The number of hydrogen-bond acceptors (Lipinski definition) is 4. The molecule has 1 aliphatic carbocycles. The van der Waals surface area contributed by atoms with Gasteiger partial charge in [0.2, 0.25) is 0 Å². The number of halogens is 7. The molecule has 0 bridgehead atoms. The van der Waals surface area contributed by atoms with E-state index < -0.39 is 46.1 Å². The van der Waals surface area contributed by atoms with Crippen LogP contribution in [0.4, 0.5) is 26.3 Å². The summed E-state index contributed by atoms with van der Waals surface area (Å²) >= 11 is 5.70. The maximum Gasteiger partial charge on any atom is 0.435 e. The number of carbonyl (C=O) groups is 1. The molecule has 0 aromatic heterocycles. The lowest BCUT2D eigenvalue weighted by molar-refractivity contribution is -0.276. The average molecular weight is 572 g/mol. The zero-order valence-electron chi connectivity index (χ0n) is 20.9. The van der Waals surface area contributed by atoms with Gasteiger partial charge in [0.25, 0.3) is 17.4 Å². The fourth-order valence-electron chi connectivity index (χ4n) is 4.90. The van der Waals surface area contributed by atoms with E-state index in [1.54, 1.807) is 6.92 Å². The molecule has 208 valence electrons. The molecule has 1 N–H and O–H groups in total. The van der Waals surface area contributed by atoms with Gasteiger partial charge in [0.1, 0.15) is 5.82 Å². The Morgan fingerprint density at radius 1 is 1.15 bits per heavy atom. The SMILES string of the molecule is Cc1cc(C2=NO[C@](c3cc(C(C)(F)F)cc(Cl)c3F)(C(F)(F)F)C2)ccc1C(=O)NC1CCC(C#N)CC1. The van der Waals surface area contributed by atoms with Gasteiger partial charge in [-0.25, -0.2) is 13.2 Å². The molecular weight excluding hydrogens is 548 g/mol. The smallest absolute Gasteiger partial charge is 0.374 e. The minimum absolute atomic E-state index is 0.0252. The molecule has 0 radical (unpaired) electrons. The Labute approximate surface area is 225 Å². The molecular formula is C27H24ClF6N3O2. The molecule has 4 rings (SSSR count). The molecule has 1 saturated carbocycles. The predicted molar refractivity (Wildman–Crippen MR) is 131 cm³/mol. The monoisotopic (exact) mass is 571 g/mol. The van der Waals surface area contributed by atoms with Gasteiger partial charge in [0.05, 0.1) is 23.2 Å². The number of rotatable bonds is 5. The van der Waals surface area contributed by atoms with Crippen molar-refractivity contribution in [3.05, 3.63) is 69.0 Å². The Kier molecular flexibility index (Phi) is 7.65. The fraction of sp³-hybridized carbons (Fsp3) is 0.444. The van der Waals surface area contributed by atoms with Crippen LogP contribution in [-0.4, -0.2) is 23.8 Å². The third kappa shape index (κ3) is 5.57.